The van der Waals surface area contributed by atoms with Crippen LogP contribution in [0.4, 0.5) is 5.69 Å². The molecule has 0 saturated heterocycles. The molecule has 0 aliphatic carbocycles. The fourth-order valence-corrected chi connectivity index (χ4v) is 2.66. The number of nitrogens with zero attached hydrogens (tertiary/aromatic N) is 2. The summed E-state index contributed by atoms with van der Waals surface area (Å²) in [6.07, 6.45) is 2.44. The maximum absolute atomic E-state index is 12.2. The summed E-state index contributed by atoms with van der Waals surface area (Å²) in [5.74, 6) is 0.601. The zero-order valence-electron chi connectivity index (χ0n) is 16.1. The van der Waals surface area contributed by atoms with E-state index in [1.54, 1.807) is 30.3 Å². The second kappa shape index (κ2) is 9.01. The molecule has 0 saturated carbocycles. The molecular weight excluding hydrogens is 376 g/mol. The number of nitro groups is 1. The minimum absolute atomic E-state index is 0.0258. The van der Waals surface area contributed by atoms with E-state index >= 15 is 0 Å². The van der Waals surface area contributed by atoms with Gasteiger partial charge in [-0.3, -0.25) is 10.1 Å². The first-order valence-corrected chi connectivity index (χ1v) is 9.18. The molecule has 2 aromatic carbocycles. The average molecular weight is 396 g/mol. The van der Waals surface area contributed by atoms with Gasteiger partial charge in [0.2, 0.25) is 5.90 Å². The molecule has 0 atom stereocenters. The molecule has 0 radical (unpaired) electrons. The third kappa shape index (κ3) is 4.78. The summed E-state index contributed by atoms with van der Waals surface area (Å²) >= 11 is 0. The monoisotopic (exact) mass is 396 g/mol. The van der Waals surface area contributed by atoms with Crippen molar-refractivity contribution in [3.8, 4) is 11.5 Å². The van der Waals surface area contributed by atoms with Crippen LogP contribution in [0.15, 0.2) is 53.2 Å². The van der Waals surface area contributed by atoms with Crippen LogP contribution in [0.3, 0.4) is 0 Å². The smallest absolute Gasteiger partial charge is 0.363 e. The molecule has 8 nitrogen and oxygen atoms in total. The summed E-state index contributed by atoms with van der Waals surface area (Å²) in [7, 11) is 0. The molecule has 0 unspecified atom stereocenters. The Morgan fingerprint density at radius 3 is 2.69 bits per heavy atom. The van der Waals surface area contributed by atoms with Gasteiger partial charge in [0.25, 0.3) is 5.69 Å². The molecular formula is C21H20N2O6. The van der Waals surface area contributed by atoms with Crippen molar-refractivity contribution in [1.82, 2.24) is 0 Å². The first-order chi connectivity index (χ1) is 14.0. The fraction of sp³-hybridized carbons (Fsp3) is 0.238. The van der Waals surface area contributed by atoms with Crippen molar-refractivity contribution >= 4 is 23.6 Å². The molecule has 0 amide bonds. The predicted octanol–water partition coefficient (Wildman–Crippen LogP) is 4.13. The Kier molecular flexibility index (Phi) is 6.23. The van der Waals surface area contributed by atoms with E-state index in [1.165, 1.54) is 18.2 Å². The summed E-state index contributed by atoms with van der Waals surface area (Å²) in [6, 6.07) is 11.1. The summed E-state index contributed by atoms with van der Waals surface area (Å²) in [5, 5.41) is 10.9. The molecule has 3 rings (SSSR count). The molecule has 1 heterocycles. The van der Waals surface area contributed by atoms with Gasteiger partial charge in [-0.05, 0) is 43.2 Å². The molecule has 0 N–H and O–H groups in total. The number of non-ortho nitro benzene ring substituents is 1. The minimum Gasteiger partial charge on any atom is -0.490 e. The molecule has 2 aromatic rings. The standard InChI is InChI=1S/C21H20N2O6/c1-3-10-28-18-9-8-14(12-19(18)27-4-2)11-17-21(24)29-20(22-17)15-6-5-7-16(13-15)23(25)26/h5-9,11-13H,3-4,10H2,1-2H3/b17-11-. The number of hydrogen-bond donors (Lipinski definition) is 0. The van der Waals surface area contributed by atoms with Crippen LogP contribution in [-0.4, -0.2) is 30.0 Å². The molecule has 0 spiro atoms. The summed E-state index contributed by atoms with van der Waals surface area (Å²) in [6.45, 7) is 4.93. The molecule has 0 fully saturated rings. The van der Waals surface area contributed by atoms with E-state index < -0.39 is 10.9 Å². The van der Waals surface area contributed by atoms with Crippen LogP contribution >= 0.6 is 0 Å². The first kappa shape index (κ1) is 20.1. The number of benzene rings is 2. The quantitative estimate of drug-likeness (QED) is 0.288. The average Bonchev–Trinajstić information content (AvgIpc) is 3.08. The van der Waals surface area contributed by atoms with E-state index in [2.05, 4.69) is 4.99 Å². The Hall–Kier alpha value is -3.68. The molecule has 1 aliphatic heterocycles. The second-order valence-corrected chi connectivity index (χ2v) is 6.13. The highest BCUT2D eigenvalue weighted by Gasteiger charge is 2.25. The second-order valence-electron chi connectivity index (χ2n) is 6.13. The molecule has 0 bridgehead atoms. The van der Waals surface area contributed by atoms with Gasteiger partial charge in [0.1, 0.15) is 0 Å². The lowest BCUT2D eigenvalue weighted by Crippen LogP contribution is -2.05. The minimum atomic E-state index is -0.629. The van der Waals surface area contributed by atoms with Crippen molar-refractivity contribution in [1.29, 1.82) is 0 Å². The molecule has 8 heteroatoms. The van der Waals surface area contributed by atoms with Crippen LogP contribution < -0.4 is 9.47 Å². The number of esters is 1. The highest BCUT2D eigenvalue weighted by Crippen LogP contribution is 2.30. The number of aliphatic imine (C=N–C) groups is 1. The topological polar surface area (TPSA) is 100 Å². The summed E-state index contributed by atoms with van der Waals surface area (Å²) < 4.78 is 16.5. The van der Waals surface area contributed by atoms with Crippen LogP contribution in [0.1, 0.15) is 31.4 Å². The van der Waals surface area contributed by atoms with Crippen molar-refractivity contribution in [2.45, 2.75) is 20.3 Å². The van der Waals surface area contributed by atoms with E-state index in [4.69, 9.17) is 14.2 Å². The summed E-state index contributed by atoms with van der Waals surface area (Å²) in [5.41, 5.74) is 1.03. The van der Waals surface area contributed by atoms with Gasteiger partial charge in [-0.15, -0.1) is 0 Å². The number of hydrogen-bond acceptors (Lipinski definition) is 7. The molecule has 29 heavy (non-hydrogen) atoms. The van der Waals surface area contributed by atoms with E-state index in [9.17, 15) is 14.9 Å². The first-order valence-electron chi connectivity index (χ1n) is 9.18. The van der Waals surface area contributed by atoms with Crippen LogP contribution in [0, 0.1) is 10.1 Å². The maximum atomic E-state index is 12.2. The Balaban J connectivity index is 1.89. The van der Waals surface area contributed by atoms with E-state index in [-0.39, 0.29) is 17.3 Å². The molecule has 150 valence electrons. The van der Waals surface area contributed by atoms with E-state index in [0.717, 1.165) is 6.42 Å². The van der Waals surface area contributed by atoms with Crippen LogP contribution in [0.2, 0.25) is 0 Å². The highest BCUT2D eigenvalue weighted by molar-refractivity contribution is 6.13. The zero-order valence-corrected chi connectivity index (χ0v) is 16.1. The van der Waals surface area contributed by atoms with Crippen LogP contribution in [0.25, 0.3) is 6.08 Å². The third-order valence-electron chi connectivity index (χ3n) is 3.96. The SMILES string of the molecule is CCCOc1ccc(/C=C2\N=C(c3cccc([N+](=O)[O-])c3)OC2=O)cc1OCC. The normalized spacial score (nSPS) is 14.5. The highest BCUT2D eigenvalue weighted by atomic mass is 16.6. The van der Waals surface area contributed by atoms with Gasteiger partial charge in [0.05, 0.1) is 18.1 Å². The number of ether oxygens (including phenoxy) is 3. The van der Waals surface area contributed by atoms with Gasteiger partial charge in [-0.2, -0.15) is 0 Å². The van der Waals surface area contributed by atoms with E-state index in [1.807, 2.05) is 13.8 Å². The number of rotatable bonds is 8. The molecule has 0 aromatic heterocycles. The Bertz CT molecular complexity index is 996. The zero-order chi connectivity index (χ0) is 20.8. The number of carbonyl (C=O) groups excluding carboxylic acids is 1. The van der Waals surface area contributed by atoms with Crippen molar-refractivity contribution in [3.63, 3.8) is 0 Å². The van der Waals surface area contributed by atoms with Gasteiger partial charge in [-0.1, -0.05) is 19.1 Å². The lowest BCUT2D eigenvalue weighted by atomic mass is 10.1. The third-order valence-corrected chi connectivity index (χ3v) is 3.96. The largest absolute Gasteiger partial charge is 0.490 e. The lowest BCUT2D eigenvalue weighted by molar-refractivity contribution is -0.384. The van der Waals surface area contributed by atoms with Gasteiger partial charge >= 0.3 is 5.97 Å². The number of cyclic esters (lactones) is 1. The Morgan fingerprint density at radius 1 is 1.14 bits per heavy atom. The van der Waals surface area contributed by atoms with Crippen molar-refractivity contribution < 1.29 is 23.9 Å². The van der Waals surface area contributed by atoms with Crippen molar-refractivity contribution in [2.75, 3.05) is 13.2 Å². The lowest BCUT2D eigenvalue weighted by Gasteiger charge is -2.12. The fourth-order valence-electron chi connectivity index (χ4n) is 2.66. The van der Waals surface area contributed by atoms with Gasteiger partial charge in [-0.25, -0.2) is 9.79 Å². The van der Waals surface area contributed by atoms with Gasteiger partial charge in [0.15, 0.2) is 17.2 Å². The number of nitro benzene ring substituents is 1. The van der Waals surface area contributed by atoms with E-state index in [0.29, 0.717) is 35.8 Å². The predicted molar refractivity (Wildman–Crippen MR) is 107 cm³/mol. The van der Waals surface area contributed by atoms with Crippen LogP contribution in [0.5, 0.6) is 11.5 Å². The number of carbonyl (C=O) groups is 1. The van der Waals surface area contributed by atoms with Crippen molar-refractivity contribution in [2.24, 2.45) is 4.99 Å². The maximum Gasteiger partial charge on any atom is 0.363 e. The van der Waals surface area contributed by atoms with Crippen LogP contribution in [-0.2, 0) is 9.53 Å². The summed E-state index contributed by atoms with van der Waals surface area (Å²) in [4.78, 5) is 26.8. The van der Waals surface area contributed by atoms with Gasteiger partial charge in [0, 0.05) is 17.7 Å². The molecule has 1 aliphatic rings. The van der Waals surface area contributed by atoms with Crippen molar-refractivity contribution in [3.05, 3.63) is 69.4 Å². The Labute approximate surface area is 167 Å². The Morgan fingerprint density at radius 2 is 1.97 bits per heavy atom. The van der Waals surface area contributed by atoms with Gasteiger partial charge < -0.3 is 14.2 Å².